The largest absolute Gasteiger partial charge is 0.475 e. The van der Waals surface area contributed by atoms with E-state index in [-0.39, 0.29) is 5.76 Å². The number of carboxylic acids is 1. The first kappa shape index (κ1) is 8.96. The molecule has 2 heterocycles. The minimum Gasteiger partial charge on any atom is -0.475 e. The zero-order valence-corrected chi connectivity index (χ0v) is 8.17. The Balaban J connectivity index is 2.48. The van der Waals surface area contributed by atoms with E-state index in [0.29, 0.717) is 11.6 Å². The number of aromatic nitrogens is 1. The van der Waals surface area contributed by atoms with Crippen LogP contribution in [0.3, 0.4) is 0 Å². The van der Waals surface area contributed by atoms with Gasteiger partial charge >= 0.3 is 5.97 Å². The molecule has 0 atom stereocenters. The third-order valence-electron chi connectivity index (χ3n) is 1.76. The molecular weight excluding hydrogens is 202 g/mol. The Labute approximate surface area is 83.8 Å². The lowest BCUT2D eigenvalue weighted by Crippen LogP contribution is -1.95. The van der Waals surface area contributed by atoms with Crippen LogP contribution in [0.5, 0.6) is 0 Å². The fourth-order valence-corrected chi connectivity index (χ4v) is 1.73. The molecular formula is C9H7NO3S. The van der Waals surface area contributed by atoms with Crippen molar-refractivity contribution in [3.05, 3.63) is 28.3 Å². The van der Waals surface area contributed by atoms with Crippen LogP contribution in [-0.4, -0.2) is 16.1 Å². The van der Waals surface area contributed by atoms with Crippen LogP contribution in [0.25, 0.3) is 11.5 Å². The number of carboxylic acid groups (broad SMARTS) is 1. The van der Waals surface area contributed by atoms with Gasteiger partial charge in [-0.15, -0.1) is 0 Å². The molecule has 2 rings (SSSR count). The van der Waals surface area contributed by atoms with Crippen LogP contribution in [0.1, 0.15) is 16.2 Å². The molecule has 0 amide bonds. The van der Waals surface area contributed by atoms with Gasteiger partial charge in [0.1, 0.15) is 0 Å². The lowest BCUT2D eigenvalue weighted by molar-refractivity contribution is 0.0662. The molecule has 0 aliphatic rings. The van der Waals surface area contributed by atoms with Crippen LogP contribution in [0.2, 0.25) is 0 Å². The average Bonchev–Trinajstić information content (AvgIpc) is 2.70. The number of aromatic carboxylic acids is 1. The molecule has 5 heteroatoms. The maximum atomic E-state index is 10.7. The van der Waals surface area contributed by atoms with Crippen molar-refractivity contribution in [3.63, 3.8) is 0 Å². The minimum atomic E-state index is -1.09. The second-order valence-corrected chi connectivity index (χ2v) is 3.53. The van der Waals surface area contributed by atoms with Gasteiger partial charge in [0.25, 0.3) is 0 Å². The predicted molar refractivity (Wildman–Crippen MR) is 51.5 cm³/mol. The van der Waals surface area contributed by atoms with Gasteiger partial charge in [-0.2, -0.15) is 11.3 Å². The van der Waals surface area contributed by atoms with Crippen LogP contribution >= 0.6 is 11.3 Å². The van der Waals surface area contributed by atoms with E-state index in [2.05, 4.69) is 4.98 Å². The molecule has 0 spiro atoms. The fourth-order valence-electron chi connectivity index (χ4n) is 1.10. The Hall–Kier alpha value is -1.62. The van der Waals surface area contributed by atoms with Gasteiger partial charge in [-0.3, -0.25) is 0 Å². The second-order valence-electron chi connectivity index (χ2n) is 2.75. The highest BCUT2D eigenvalue weighted by molar-refractivity contribution is 7.08. The molecule has 4 nitrogen and oxygen atoms in total. The van der Waals surface area contributed by atoms with Gasteiger partial charge in [0, 0.05) is 10.9 Å². The van der Waals surface area contributed by atoms with Crippen molar-refractivity contribution in [2.45, 2.75) is 6.92 Å². The van der Waals surface area contributed by atoms with E-state index in [9.17, 15) is 4.79 Å². The number of aryl methyl sites for hydroxylation is 1. The topological polar surface area (TPSA) is 63.3 Å². The average molecular weight is 209 g/mol. The Morgan fingerprint density at radius 2 is 2.43 bits per heavy atom. The summed E-state index contributed by atoms with van der Waals surface area (Å²) in [5, 5.41) is 12.5. The van der Waals surface area contributed by atoms with E-state index in [1.54, 1.807) is 6.92 Å². The van der Waals surface area contributed by atoms with E-state index in [4.69, 9.17) is 9.52 Å². The SMILES string of the molecule is Cc1nc(-c2ccsc2)oc1C(=O)O. The van der Waals surface area contributed by atoms with Crippen molar-refractivity contribution < 1.29 is 14.3 Å². The number of hydrogen-bond donors (Lipinski definition) is 1. The number of hydrogen-bond acceptors (Lipinski definition) is 4. The Bertz CT molecular complexity index is 458. The summed E-state index contributed by atoms with van der Waals surface area (Å²) in [6.45, 7) is 1.61. The van der Waals surface area contributed by atoms with E-state index >= 15 is 0 Å². The van der Waals surface area contributed by atoms with Crippen molar-refractivity contribution in [1.29, 1.82) is 0 Å². The van der Waals surface area contributed by atoms with Crippen LogP contribution in [0.4, 0.5) is 0 Å². The fraction of sp³-hybridized carbons (Fsp3) is 0.111. The van der Waals surface area contributed by atoms with Crippen molar-refractivity contribution in [2.75, 3.05) is 0 Å². The van der Waals surface area contributed by atoms with Crippen LogP contribution in [-0.2, 0) is 0 Å². The van der Waals surface area contributed by atoms with E-state index in [0.717, 1.165) is 5.56 Å². The maximum absolute atomic E-state index is 10.7. The molecule has 2 aromatic rings. The molecule has 0 radical (unpaired) electrons. The van der Waals surface area contributed by atoms with Gasteiger partial charge < -0.3 is 9.52 Å². The molecule has 0 saturated carbocycles. The number of thiophene rings is 1. The first-order valence-corrected chi connectivity index (χ1v) is 4.86. The normalized spacial score (nSPS) is 10.4. The van der Waals surface area contributed by atoms with Gasteiger partial charge in [0.15, 0.2) is 0 Å². The van der Waals surface area contributed by atoms with E-state index < -0.39 is 5.97 Å². The van der Waals surface area contributed by atoms with Gasteiger partial charge in [-0.05, 0) is 18.4 Å². The number of carbonyl (C=O) groups is 1. The van der Waals surface area contributed by atoms with Crippen molar-refractivity contribution in [1.82, 2.24) is 4.98 Å². The highest BCUT2D eigenvalue weighted by atomic mass is 32.1. The van der Waals surface area contributed by atoms with Gasteiger partial charge in [-0.25, -0.2) is 9.78 Å². The third-order valence-corrected chi connectivity index (χ3v) is 2.44. The monoisotopic (exact) mass is 209 g/mol. The Morgan fingerprint density at radius 1 is 1.64 bits per heavy atom. The molecule has 0 fully saturated rings. The smallest absolute Gasteiger partial charge is 0.373 e. The summed E-state index contributed by atoms with van der Waals surface area (Å²) in [7, 11) is 0. The second kappa shape index (κ2) is 3.26. The first-order valence-electron chi connectivity index (χ1n) is 3.92. The van der Waals surface area contributed by atoms with Crippen molar-refractivity contribution >= 4 is 17.3 Å². The summed E-state index contributed by atoms with van der Waals surface area (Å²) < 4.78 is 5.12. The highest BCUT2D eigenvalue weighted by Gasteiger charge is 2.16. The predicted octanol–water partition coefficient (Wildman–Crippen LogP) is 2.41. The van der Waals surface area contributed by atoms with Gasteiger partial charge in [0.05, 0.1) is 5.69 Å². The molecule has 0 aliphatic heterocycles. The number of oxazole rings is 1. The highest BCUT2D eigenvalue weighted by Crippen LogP contribution is 2.23. The Morgan fingerprint density at radius 3 is 2.93 bits per heavy atom. The summed E-state index contributed by atoms with van der Waals surface area (Å²) >= 11 is 1.51. The summed E-state index contributed by atoms with van der Waals surface area (Å²) in [5.41, 5.74) is 1.21. The van der Waals surface area contributed by atoms with Gasteiger partial charge in [0.2, 0.25) is 11.7 Å². The lowest BCUT2D eigenvalue weighted by Gasteiger charge is -1.86. The van der Waals surface area contributed by atoms with E-state index in [1.165, 1.54) is 11.3 Å². The molecule has 0 aliphatic carbocycles. The van der Waals surface area contributed by atoms with Crippen LogP contribution in [0.15, 0.2) is 21.2 Å². The Kier molecular flexibility index (Phi) is 2.09. The molecule has 2 aromatic heterocycles. The van der Waals surface area contributed by atoms with Crippen LogP contribution < -0.4 is 0 Å². The lowest BCUT2D eigenvalue weighted by atomic mass is 10.3. The quantitative estimate of drug-likeness (QED) is 0.824. The maximum Gasteiger partial charge on any atom is 0.373 e. The summed E-state index contributed by atoms with van der Waals surface area (Å²) in [4.78, 5) is 14.7. The summed E-state index contributed by atoms with van der Waals surface area (Å²) in [6.07, 6.45) is 0. The molecule has 0 aromatic carbocycles. The van der Waals surface area contributed by atoms with Gasteiger partial charge in [-0.1, -0.05) is 0 Å². The minimum absolute atomic E-state index is 0.0915. The molecule has 0 unspecified atom stereocenters. The van der Waals surface area contributed by atoms with Crippen molar-refractivity contribution in [2.24, 2.45) is 0 Å². The molecule has 72 valence electrons. The summed E-state index contributed by atoms with van der Waals surface area (Å²) in [6, 6.07) is 1.83. The zero-order chi connectivity index (χ0) is 10.1. The molecule has 0 saturated heterocycles. The third kappa shape index (κ3) is 1.42. The zero-order valence-electron chi connectivity index (χ0n) is 7.35. The van der Waals surface area contributed by atoms with Crippen molar-refractivity contribution in [3.8, 4) is 11.5 Å². The summed E-state index contributed by atoms with van der Waals surface area (Å²) in [5.74, 6) is -0.816. The molecule has 1 N–H and O–H groups in total. The first-order chi connectivity index (χ1) is 6.68. The number of nitrogens with zero attached hydrogens (tertiary/aromatic N) is 1. The van der Waals surface area contributed by atoms with E-state index in [1.807, 2.05) is 16.8 Å². The molecule has 0 bridgehead atoms. The molecule has 14 heavy (non-hydrogen) atoms. The number of rotatable bonds is 2. The van der Waals surface area contributed by atoms with Crippen LogP contribution in [0, 0.1) is 6.92 Å². The standard InChI is InChI=1S/C9H7NO3S/c1-5-7(9(11)12)13-8(10-5)6-2-3-14-4-6/h2-4H,1H3,(H,11,12).